The second kappa shape index (κ2) is 18.1. The smallest absolute Gasteiger partial charge is 0.0547 e. The number of aromatic nitrogens is 1. The molecule has 1 heterocycles. The van der Waals surface area contributed by atoms with Crippen LogP contribution >= 0.6 is 0 Å². The van der Waals surface area contributed by atoms with E-state index in [9.17, 15) is 0 Å². The number of hydrogen-bond donors (Lipinski definition) is 0. The van der Waals surface area contributed by atoms with E-state index in [1.807, 2.05) is 0 Å². The summed E-state index contributed by atoms with van der Waals surface area (Å²) in [6.07, 6.45) is 0. The molecule has 0 atom stereocenters. The Hall–Kier alpha value is -9.76. The van der Waals surface area contributed by atoms with Crippen LogP contribution in [0.25, 0.3) is 115 Å². The Morgan fingerprint density at radius 2 is 0.730 bits per heavy atom. The molecule has 0 bridgehead atoms. The normalized spacial score (nSPS) is 11.5. The van der Waals surface area contributed by atoms with Gasteiger partial charge in [0.25, 0.3) is 0 Å². The lowest BCUT2D eigenvalue weighted by Gasteiger charge is -2.27. The van der Waals surface area contributed by atoms with Crippen LogP contribution in [0.15, 0.2) is 291 Å². The van der Waals surface area contributed by atoms with Crippen LogP contribution in [0.4, 0.5) is 17.1 Å². The van der Waals surface area contributed by atoms with Crippen molar-refractivity contribution in [3.05, 3.63) is 291 Å². The Balaban J connectivity index is 0.933. The second-order valence-corrected chi connectivity index (χ2v) is 19.3. The number of hydrogen-bond acceptors (Lipinski definition) is 1. The first kappa shape index (κ1) is 43.1. The van der Waals surface area contributed by atoms with E-state index in [1.54, 1.807) is 0 Å². The van der Waals surface area contributed by atoms with Gasteiger partial charge in [-0.1, -0.05) is 206 Å². The first-order valence-corrected chi connectivity index (χ1v) is 25.5. The molecule has 0 amide bonds. The lowest BCUT2D eigenvalue weighted by Crippen LogP contribution is -2.10. The van der Waals surface area contributed by atoms with Gasteiger partial charge in [0.1, 0.15) is 0 Å². The number of benzene rings is 13. The molecule has 0 saturated carbocycles. The van der Waals surface area contributed by atoms with Crippen molar-refractivity contribution in [2.45, 2.75) is 0 Å². The molecule has 13 aromatic carbocycles. The van der Waals surface area contributed by atoms with E-state index in [0.29, 0.717) is 0 Å². The SMILES string of the molecule is c1ccc(-c2cc(-c3ccccc3)cc(-c3ccc(N(c4ccc(-c5cc6ccccc6c6ccccc56)cc4)c4cccc(-c5cccc6c5c5c7ccccc7ccc5n6-c5ccccc5)c4)cc3)c2)cc1. The summed E-state index contributed by atoms with van der Waals surface area (Å²) >= 11 is 0. The molecule has 14 aromatic rings. The van der Waals surface area contributed by atoms with E-state index in [4.69, 9.17) is 0 Å². The summed E-state index contributed by atoms with van der Waals surface area (Å²) in [5, 5.41) is 10.0. The summed E-state index contributed by atoms with van der Waals surface area (Å²) in [5.74, 6) is 0. The highest BCUT2D eigenvalue weighted by Crippen LogP contribution is 2.45. The molecule has 0 spiro atoms. The maximum Gasteiger partial charge on any atom is 0.0547 e. The van der Waals surface area contributed by atoms with Gasteiger partial charge in [-0.3, -0.25) is 0 Å². The first-order chi connectivity index (χ1) is 36.7. The van der Waals surface area contributed by atoms with Crippen molar-refractivity contribution < 1.29 is 0 Å². The van der Waals surface area contributed by atoms with Crippen molar-refractivity contribution in [2.24, 2.45) is 0 Å². The largest absolute Gasteiger partial charge is 0.310 e. The zero-order chi connectivity index (χ0) is 49.0. The summed E-state index contributed by atoms with van der Waals surface area (Å²) in [6.45, 7) is 0. The van der Waals surface area contributed by atoms with E-state index >= 15 is 0 Å². The average Bonchev–Trinajstić information content (AvgIpc) is 3.85. The molecule has 2 nitrogen and oxygen atoms in total. The molecule has 74 heavy (non-hydrogen) atoms. The predicted molar refractivity (Wildman–Crippen MR) is 315 cm³/mol. The fourth-order valence-corrected chi connectivity index (χ4v) is 11.5. The third-order valence-corrected chi connectivity index (χ3v) is 14.9. The predicted octanol–water partition coefficient (Wildman–Crippen LogP) is 20.0. The van der Waals surface area contributed by atoms with Crippen LogP contribution in [0.3, 0.4) is 0 Å². The average molecular weight is 941 g/mol. The third-order valence-electron chi connectivity index (χ3n) is 14.9. The van der Waals surface area contributed by atoms with E-state index in [0.717, 1.165) is 33.9 Å². The molecule has 346 valence electrons. The van der Waals surface area contributed by atoms with Crippen LogP contribution in [0.2, 0.25) is 0 Å². The fraction of sp³-hybridized carbons (Fsp3) is 0. The zero-order valence-corrected chi connectivity index (χ0v) is 40.6. The van der Waals surface area contributed by atoms with Crippen molar-refractivity contribution in [1.82, 2.24) is 4.57 Å². The summed E-state index contributed by atoms with van der Waals surface area (Å²) in [4.78, 5) is 2.41. The highest BCUT2D eigenvalue weighted by molar-refractivity contribution is 6.25. The molecule has 0 N–H and O–H groups in total. The Morgan fingerprint density at radius 1 is 0.230 bits per heavy atom. The van der Waals surface area contributed by atoms with E-state index in [-0.39, 0.29) is 0 Å². The molecule has 0 saturated heterocycles. The van der Waals surface area contributed by atoms with Crippen molar-refractivity contribution >= 4 is 71.2 Å². The minimum Gasteiger partial charge on any atom is -0.310 e. The summed E-state index contributed by atoms with van der Waals surface area (Å²) < 4.78 is 2.43. The topological polar surface area (TPSA) is 8.17 Å². The van der Waals surface area contributed by atoms with Crippen LogP contribution in [-0.4, -0.2) is 4.57 Å². The number of nitrogens with zero attached hydrogens (tertiary/aromatic N) is 2. The molecule has 0 fully saturated rings. The van der Waals surface area contributed by atoms with Crippen molar-refractivity contribution in [2.75, 3.05) is 4.90 Å². The van der Waals surface area contributed by atoms with Crippen LogP contribution in [0.5, 0.6) is 0 Å². The standard InChI is InChI=1S/C72H48N2/c1-4-18-49(19-5-1)56-44-57(50-20-6-2-7-21-50)46-58(45-56)51-34-39-60(40-35-51)73(61-41-36-53(37-42-61)68-48-55-23-11-12-28-63(55)66-30-14-15-31-67(66)68)62-27-16-24-54(47-62)65-32-17-33-69-72(65)71-64-29-13-10-22-52(64)38-43-70(71)74(69)59-25-8-3-9-26-59/h1-48H. The number of para-hydroxylation sites is 1. The van der Waals surface area contributed by atoms with Crippen LogP contribution < -0.4 is 4.90 Å². The maximum atomic E-state index is 2.43. The van der Waals surface area contributed by atoms with Gasteiger partial charge in [0.05, 0.1) is 11.0 Å². The van der Waals surface area contributed by atoms with Crippen molar-refractivity contribution in [3.63, 3.8) is 0 Å². The molecule has 0 aliphatic heterocycles. The van der Waals surface area contributed by atoms with Gasteiger partial charge in [0.15, 0.2) is 0 Å². The maximum absolute atomic E-state index is 2.43. The lowest BCUT2D eigenvalue weighted by molar-refractivity contribution is 1.18. The molecule has 0 radical (unpaired) electrons. The Morgan fingerprint density at radius 3 is 1.39 bits per heavy atom. The molecule has 0 aliphatic rings. The van der Waals surface area contributed by atoms with Crippen LogP contribution in [0.1, 0.15) is 0 Å². The lowest BCUT2D eigenvalue weighted by atomic mass is 9.93. The van der Waals surface area contributed by atoms with Crippen molar-refractivity contribution in [1.29, 1.82) is 0 Å². The molecule has 2 heteroatoms. The van der Waals surface area contributed by atoms with E-state index in [2.05, 4.69) is 301 Å². The fourth-order valence-electron chi connectivity index (χ4n) is 11.5. The molecule has 0 aliphatic carbocycles. The number of anilines is 3. The highest BCUT2D eigenvalue weighted by atomic mass is 15.1. The van der Waals surface area contributed by atoms with E-state index < -0.39 is 0 Å². The molecule has 1 aromatic heterocycles. The van der Waals surface area contributed by atoms with Gasteiger partial charge in [-0.25, -0.2) is 0 Å². The quantitative estimate of drug-likeness (QED) is 0.131. The van der Waals surface area contributed by atoms with Gasteiger partial charge >= 0.3 is 0 Å². The van der Waals surface area contributed by atoms with Gasteiger partial charge in [-0.15, -0.1) is 0 Å². The monoisotopic (exact) mass is 940 g/mol. The van der Waals surface area contributed by atoms with Gasteiger partial charge in [-0.2, -0.15) is 0 Å². The van der Waals surface area contributed by atoms with Gasteiger partial charge in [-0.05, 0) is 173 Å². The van der Waals surface area contributed by atoms with Crippen molar-refractivity contribution in [3.8, 4) is 61.3 Å². The van der Waals surface area contributed by atoms with Gasteiger partial charge in [0, 0.05) is 33.5 Å². The van der Waals surface area contributed by atoms with Crippen LogP contribution in [-0.2, 0) is 0 Å². The minimum atomic E-state index is 1.07. The highest BCUT2D eigenvalue weighted by Gasteiger charge is 2.21. The first-order valence-electron chi connectivity index (χ1n) is 25.5. The summed E-state index contributed by atoms with van der Waals surface area (Å²) in [5.41, 5.74) is 18.6. The Kier molecular flexibility index (Phi) is 10.6. The van der Waals surface area contributed by atoms with Gasteiger partial charge < -0.3 is 9.47 Å². The zero-order valence-electron chi connectivity index (χ0n) is 40.6. The molecular formula is C72H48N2. The van der Waals surface area contributed by atoms with E-state index in [1.165, 1.54) is 98.6 Å². The Labute approximate surface area is 430 Å². The number of rotatable bonds is 9. The number of fused-ring (bicyclic) bond motifs is 8. The Bertz CT molecular complexity index is 4330. The summed E-state index contributed by atoms with van der Waals surface area (Å²) in [7, 11) is 0. The van der Waals surface area contributed by atoms with Crippen LogP contribution in [0, 0.1) is 0 Å². The molecule has 14 rings (SSSR count). The van der Waals surface area contributed by atoms with Gasteiger partial charge in [0.2, 0.25) is 0 Å². The molecular weight excluding hydrogens is 893 g/mol. The minimum absolute atomic E-state index is 1.07. The second-order valence-electron chi connectivity index (χ2n) is 19.3. The molecule has 0 unspecified atom stereocenters. The summed E-state index contributed by atoms with van der Waals surface area (Å²) in [6, 6.07) is 107. The third kappa shape index (κ3) is 7.52.